The lowest BCUT2D eigenvalue weighted by Crippen LogP contribution is -2.44. The molecule has 1 atom stereocenters. The number of hydrogen-bond donors (Lipinski definition) is 2. The normalized spacial score (nSPS) is 22.4. The van der Waals surface area contributed by atoms with Crippen molar-refractivity contribution in [3.63, 3.8) is 0 Å². The maximum absolute atomic E-state index is 12.1. The van der Waals surface area contributed by atoms with Crippen LogP contribution in [0.5, 0.6) is 0 Å². The monoisotopic (exact) mass is 250 g/mol. The maximum Gasteiger partial charge on any atom is 0.242 e. The van der Waals surface area contributed by atoms with Gasteiger partial charge in [0, 0.05) is 11.4 Å². The van der Waals surface area contributed by atoms with Crippen LogP contribution < -0.4 is 10.6 Å². The van der Waals surface area contributed by atoms with Gasteiger partial charge in [-0.3, -0.25) is 10.1 Å². The third-order valence-electron chi connectivity index (χ3n) is 2.85. The lowest BCUT2D eigenvalue weighted by atomic mass is 10.2. The van der Waals surface area contributed by atoms with Crippen molar-refractivity contribution in [3.8, 4) is 0 Å². The molecule has 1 aromatic carbocycles. The van der Waals surface area contributed by atoms with E-state index in [1.54, 1.807) is 11.8 Å². The number of carbonyl (C=O) groups is 1. The lowest BCUT2D eigenvalue weighted by molar-refractivity contribution is -0.117. The Balaban J connectivity index is 2.01. The molecule has 1 amide bonds. The van der Waals surface area contributed by atoms with Crippen molar-refractivity contribution in [2.45, 2.75) is 31.7 Å². The van der Waals surface area contributed by atoms with Crippen LogP contribution in [0.4, 0.5) is 5.69 Å². The second kappa shape index (κ2) is 4.70. The highest BCUT2D eigenvalue weighted by atomic mass is 32.2. The van der Waals surface area contributed by atoms with Crippen LogP contribution in [0.15, 0.2) is 24.3 Å². The number of amides is 1. The molecule has 0 unspecified atom stereocenters. The maximum atomic E-state index is 12.1. The number of hydrogen-bond acceptors (Lipinski definition) is 3. The van der Waals surface area contributed by atoms with E-state index in [0.29, 0.717) is 0 Å². The molecule has 1 aromatic rings. The summed E-state index contributed by atoms with van der Waals surface area (Å²) in [4.78, 5) is 12.1. The van der Waals surface area contributed by atoms with E-state index in [1.807, 2.05) is 31.2 Å². The minimum atomic E-state index is -0.102. The predicted octanol–water partition coefficient (Wildman–Crippen LogP) is 2.37. The van der Waals surface area contributed by atoms with Crippen molar-refractivity contribution in [1.29, 1.82) is 0 Å². The third kappa shape index (κ3) is 3.01. The molecule has 1 fully saturated rings. The summed E-state index contributed by atoms with van der Waals surface area (Å²) in [6.07, 6.45) is 0. The van der Waals surface area contributed by atoms with Crippen molar-refractivity contribution in [2.24, 2.45) is 0 Å². The molecular weight excluding hydrogens is 232 g/mol. The van der Waals surface area contributed by atoms with Crippen LogP contribution in [0.3, 0.4) is 0 Å². The molecule has 0 aliphatic carbocycles. The number of thioether (sulfide) groups is 1. The van der Waals surface area contributed by atoms with Crippen LogP contribution in [0.1, 0.15) is 19.4 Å². The van der Waals surface area contributed by atoms with Gasteiger partial charge in [0.15, 0.2) is 0 Å². The van der Waals surface area contributed by atoms with Crippen LogP contribution >= 0.6 is 11.8 Å². The highest BCUT2D eigenvalue weighted by Crippen LogP contribution is 2.29. The average Bonchev–Trinajstić information content (AvgIpc) is 2.62. The summed E-state index contributed by atoms with van der Waals surface area (Å²) in [5.74, 6) is 0.877. The first kappa shape index (κ1) is 12.5. The van der Waals surface area contributed by atoms with Gasteiger partial charge in [-0.2, -0.15) is 0 Å². The molecule has 0 spiro atoms. The first-order chi connectivity index (χ1) is 7.98. The van der Waals surface area contributed by atoms with Gasteiger partial charge in [0.1, 0.15) is 0 Å². The van der Waals surface area contributed by atoms with E-state index in [-0.39, 0.29) is 16.8 Å². The van der Waals surface area contributed by atoms with Crippen LogP contribution in [-0.2, 0) is 4.79 Å². The molecule has 1 heterocycles. The minimum Gasteiger partial charge on any atom is -0.324 e. The second-order valence-electron chi connectivity index (χ2n) is 4.82. The summed E-state index contributed by atoms with van der Waals surface area (Å²) in [5.41, 5.74) is 1.99. The molecule has 1 aliphatic heterocycles. The Morgan fingerprint density at radius 1 is 1.47 bits per heavy atom. The first-order valence-electron chi connectivity index (χ1n) is 5.76. The zero-order chi connectivity index (χ0) is 12.5. The number of anilines is 1. The molecule has 0 radical (unpaired) electrons. The number of benzene rings is 1. The molecule has 2 N–H and O–H groups in total. The summed E-state index contributed by atoms with van der Waals surface area (Å²) in [7, 11) is 0. The fourth-order valence-electron chi connectivity index (χ4n) is 1.87. The van der Waals surface area contributed by atoms with Crippen molar-refractivity contribution in [1.82, 2.24) is 5.32 Å². The van der Waals surface area contributed by atoms with Gasteiger partial charge in [0.25, 0.3) is 0 Å². The number of para-hydroxylation sites is 1. The zero-order valence-corrected chi connectivity index (χ0v) is 11.2. The largest absolute Gasteiger partial charge is 0.324 e. The Kier molecular flexibility index (Phi) is 3.45. The van der Waals surface area contributed by atoms with Crippen LogP contribution in [-0.4, -0.2) is 22.6 Å². The highest BCUT2D eigenvalue weighted by molar-refractivity contribution is 8.00. The van der Waals surface area contributed by atoms with E-state index in [9.17, 15) is 4.79 Å². The topological polar surface area (TPSA) is 41.1 Å². The molecule has 3 nitrogen and oxygen atoms in total. The van der Waals surface area contributed by atoms with Gasteiger partial charge in [0.2, 0.25) is 5.91 Å². The SMILES string of the molecule is Cc1ccccc1NC(=O)[C@@H]1CSC(C)(C)N1. The summed E-state index contributed by atoms with van der Waals surface area (Å²) in [5, 5.41) is 6.30. The van der Waals surface area contributed by atoms with E-state index in [1.165, 1.54) is 0 Å². The van der Waals surface area contributed by atoms with Gasteiger partial charge in [-0.1, -0.05) is 18.2 Å². The summed E-state index contributed by atoms with van der Waals surface area (Å²) in [6.45, 7) is 6.19. The summed E-state index contributed by atoms with van der Waals surface area (Å²) >= 11 is 1.78. The predicted molar refractivity (Wildman–Crippen MR) is 73.3 cm³/mol. The van der Waals surface area contributed by atoms with Gasteiger partial charge in [-0.15, -0.1) is 11.8 Å². The molecule has 92 valence electrons. The first-order valence-corrected chi connectivity index (χ1v) is 6.75. The summed E-state index contributed by atoms with van der Waals surface area (Å²) < 4.78 is 0. The molecule has 17 heavy (non-hydrogen) atoms. The third-order valence-corrected chi connectivity index (χ3v) is 4.19. The lowest BCUT2D eigenvalue weighted by Gasteiger charge is -2.18. The highest BCUT2D eigenvalue weighted by Gasteiger charge is 2.34. The molecule has 1 saturated heterocycles. The smallest absolute Gasteiger partial charge is 0.242 e. The molecule has 2 rings (SSSR count). The van der Waals surface area contributed by atoms with Crippen molar-refractivity contribution in [3.05, 3.63) is 29.8 Å². The van der Waals surface area contributed by atoms with Crippen molar-refractivity contribution in [2.75, 3.05) is 11.1 Å². The standard InChI is InChI=1S/C13H18N2OS/c1-9-6-4-5-7-10(9)14-12(16)11-8-17-13(2,3)15-11/h4-7,11,15H,8H2,1-3H3,(H,14,16)/t11-/m0/s1. The Labute approximate surface area is 106 Å². The Bertz CT molecular complexity index is 431. The fraction of sp³-hybridized carbons (Fsp3) is 0.462. The van der Waals surface area contributed by atoms with Gasteiger partial charge in [-0.05, 0) is 32.4 Å². The van der Waals surface area contributed by atoms with Crippen LogP contribution in [0, 0.1) is 6.92 Å². The fourth-order valence-corrected chi connectivity index (χ4v) is 2.91. The molecule has 0 bridgehead atoms. The quantitative estimate of drug-likeness (QED) is 0.846. The Morgan fingerprint density at radius 3 is 2.76 bits per heavy atom. The van der Waals surface area contributed by atoms with E-state index < -0.39 is 0 Å². The Morgan fingerprint density at radius 2 is 2.18 bits per heavy atom. The van der Waals surface area contributed by atoms with Crippen molar-refractivity contribution < 1.29 is 4.79 Å². The number of nitrogens with one attached hydrogen (secondary N) is 2. The van der Waals surface area contributed by atoms with Crippen LogP contribution in [0.2, 0.25) is 0 Å². The number of rotatable bonds is 2. The van der Waals surface area contributed by atoms with Gasteiger partial charge in [-0.25, -0.2) is 0 Å². The van der Waals surface area contributed by atoms with Gasteiger partial charge in [0.05, 0.1) is 10.9 Å². The van der Waals surface area contributed by atoms with E-state index in [0.717, 1.165) is 17.0 Å². The molecule has 4 heteroatoms. The second-order valence-corrected chi connectivity index (χ2v) is 6.47. The Hall–Kier alpha value is -1.000. The van der Waals surface area contributed by atoms with E-state index in [4.69, 9.17) is 0 Å². The van der Waals surface area contributed by atoms with E-state index in [2.05, 4.69) is 24.5 Å². The molecule has 1 aliphatic rings. The average molecular weight is 250 g/mol. The zero-order valence-electron chi connectivity index (χ0n) is 10.4. The number of carbonyl (C=O) groups excluding carboxylic acids is 1. The minimum absolute atomic E-state index is 0.00621. The van der Waals surface area contributed by atoms with Crippen LogP contribution in [0.25, 0.3) is 0 Å². The molecule has 0 aromatic heterocycles. The van der Waals surface area contributed by atoms with E-state index >= 15 is 0 Å². The molecule has 0 saturated carbocycles. The number of aryl methyl sites for hydroxylation is 1. The molecular formula is C13H18N2OS. The van der Waals surface area contributed by atoms with Crippen molar-refractivity contribution >= 4 is 23.4 Å². The summed E-state index contributed by atoms with van der Waals surface area (Å²) in [6, 6.07) is 7.73. The van der Waals surface area contributed by atoms with Gasteiger partial charge < -0.3 is 5.32 Å². The van der Waals surface area contributed by atoms with Gasteiger partial charge >= 0.3 is 0 Å².